The van der Waals surface area contributed by atoms with Crippen LogP contribution in [0.1, 0.15) is 0 Å². The quantitative estimate of drug-likeness (QED) is 0.768. The maximum absolute atomic E-state index is 10.5. The zero-order valence-corrected chi connectivity index (χ0v) is 8.69. The van der Waals surface area contributed by atoms with Gasteiger partial charge in [0.2, 0.25) is 0 Å². The summed E-state index contributed by atoms with van der Waals surface area (Å²) in [5.41, 5.74) is 5.88. The fourth-order valence-electron chi connectivity index (χ4n) is 0.989. The van der Waals surface area contributed by atoms with Gasteiger partial charge in [0.15, 0.2) is 4.34 Å². The zero-order chi connectivity index (χ0) is 9.97. The number of aromatic nitrogens is 1. The first kappa shape index (κ1) is 9.29. The van der Waals surface area contributed by atoms with Gasteiger partial charge < -0.3 is 5.73 Å². The normalized spacial score (nSPS) is 10.3. The Morgan fingerprint density at radius 3 is 3.00 bits per heavy atom. The van der Waals surface area contributed by atoms with Gasteiger partial charge in [-0.2, -0.15) is 0 Å². The van der Waals surface area contributed by atoms with Crippen molar-refractivity contribution in [1.82, 2.24) is 9.71 Å². The van der Waals surface area contributed by atoms with Gasteiger partial charge in [-0.05, 0) is 12.1 Å². The molecule has 4 nitrogen and oxygen atoms in total. The number of para-hydroxylation sites is 1. The zero-order valence-electron chi connectivity index (χ0n) is 7.06. The van der Waals surface area contributed by atoms with Crippen LogP contribution >= 0.6 is 23.3 Å². The number of benzene rings is 1. The Labute approximate surface area is 88.6 Å². The van der Waals surface area contributed by atoms with Crippen LogP contribution in [0.2, 0.25) is 0 Å². The smallest absolute Gasteiger partial charge is 0.322 e. The second kappa shape index (κ2) is 3.85. The van der Waals surface area contributed by atoms with Gasteiger partial charge in [-0.25, -0.2) is 9.78 Å². The Morgan fingerprint density at radius 2 is 2.29 bits per heavy atom. The molecule has 2 aromatic rings. The van der Waals surface area contributed by atoms with Crippen LogP contribution in [0.15, 0.2) is 28.6 Å². The average molecular weight is 225 g/mol. The monoisotopic (exact) mass is 225 g/mol. The lowest BCUT2D eigenvalue weighted by Gasteiger charge is -1.93. The molecule has 0 atom stereocenters. The molecule has 2 amide bonds. The highest BCUT2D eigenvalue weighted by molar-refractivity contribution is 7.99. The van der Waals surface area contributed by atoms with Gasteiger partial charge in [0.25, 0.3) is 0 Å². The first-order chi connectivity index (χ1) is 6.75. The summed E-state index contributed by atoms with van der Waals surface area (Å²) < 4.78 is 4.31. The Hall–Kier alpha value is -1.27. The Kier molecular flexibility index (Phi) is 2.55. The van der Waals surface area contributed by atoms with Gasteiger partial charge in [-0.1, -0.05) is 12.1 Å². The van der Waals surface area contributed by atoms with Crippen molar-refractivity contribution in [1.29, 1.82) is 0 Å². The summed E-state index contributed by atoms with van der Waals surface area (Å²) in [5.74, 6) is 0. The number of nitrogens with two attached hydrogens (primary N) is 1. The summed E-state index contributed by atoms with van der Waals surface area (Å²) in [6.07, 6.45) is 0. The topological polar surface area (TPSA) is 68.0 Å². The predicted octanol–water partition coefficient (Wildman–Crippen LogP) is 1.97. The summed E-state index contributed by atoms with van der Waals surface area (Å²) in [4.78, 5) is 14.8. The minimum absolute atomic E-state index is 0.561. The molecule has 6 heteroatoms. The van der Waals surface area contributed by atoms with Gasteiger partial charge in [0.05, 0.1) is 10.2 Å². The van der Waals surface area contributed by atoms with E-state index < -0.39 is 6.03 Å². The summed E-state index contributed by atoms with van der Waals surface area (Å²) in [6.45, 7) is 0. The van der Waals surface area contributed by atoms with Crippen molar-refractivity contribution >= 4 is 39.5 Å². The molecule has 0 unspecified atom stereocenters. The average Bonchev–Trinajstić information content (AvgIpc) is 2.57. The maximum Gasteiger partial charge on any atom is 0.322 e. The minimum atomic E-state index is -0.561. The molecule has 2 rings (SSSR count). The number of carbonyl (C=O) groups is 1. The Morgan fingerprint density at radius 1 is 1.50 bits per heavy atom. The molecule has 0 saturated carbocycles. The number of fused-ring (bicyclic) bond motifs is 1. The summed E-state index contributed by atoms with van der Waals surface area (Å²) >= 11 is 2.66. The van der Waals surface area contributed by atoms with E-state index >= 15 is 0 Å². The molecule has 14 heavy (non-hydrogen) atoms. The highest BCUT2D eigenvalue weighted by atomic mass is 32.2. The fourth-order valence-corrected chi connectivity index (χ4v) is 2.58. The van der Waals surface area contributed by atoms with Crippen LogP contribution in [-0.4, -0.2) is 11.0 Å². The largest absolute Gasteiger partial charge is 0.351 e. The molecule has 0 radical (unpaired) electrons. The first-order valence-electron chi connectivity index (χ1n) is 3.83. The third-order valence-electron chi connectivity index (χ3n) is 1.51. The van der Waals surface area contributed by atoms with Crippen LogP contribution in [0.4, 0.5) is 4.79 Å². The van der Waals surface area contributed by atoms with Gasteiger partial charge in [-0.15, -0.1) is 11.3 Å². The number of urea groups is 1. The molecular formula is C8H7N3OS2. The molecule has 0 saturated heterocycles. The second-order valence-electron chi connectivity index (χ2n) is 2.52. The Bertz CT molecular complexity index is 435. The van der Waals surface area contributed by atoms with Crippen molar-refractivity contribution in [2.75, 3.05) is 0 Å². The first-order valence-corrected chi connectivity index (χ1v) is 5.47. The lowest BCUT2D eigenvalue weighted by atomic mass is 10.3. The maximum atomic E-state index is 10.5. The highest BCUT2D eigenvalue weighted by Gasteiger charge is 2.03. The van der Waals surface area contributed by atoms with E-state index in [-0.39, 0.29) is 0 Å². The molecule has 0 aliphatic rings. The number of hydrogen-bond donors (Lipinski definition) is 2. The van der Waals surface area contributed by atoms with E-state index in [1.807, 2.05) is 24.3 Å². The van der Waals surface area contributed by atoms with Crippen LogP contribution in [0.3, 0.4) is 0 Å². The van der Waals surface area contributed by atoms with Crippen molar-refractivity contribution < 1.29 is 4.79 Å². The SMILES string of the molecule is NC(=O)NSc1nc2ccccc2s1. The van der Waals surface area contributed by atoms with Crippen LogP contribution in [-0.2, 0) is 0 Å². The van der Waals surface area contributed by atoms with Crippen molar-refractivity contribution in [2.45, 2.75) is 4.34 Å². The van der Waals surface area contributed by atoms with E-state index in [2.05, 4.69) is 9.71 Å². The molecule has 0 aliphatic heterocycles. The lowest BCUT2D eigenvalue weighted by Crippen LogP contribution is -2.22. The van der Waals surface area contributed by atoms with E-state index in [4.69, 9.17) is 5.73 Å². The summed E-state index contributed by atoms with van der Waals surface area (Å²) in [6, 6.07) is 7.24. The number of hydrogen-bond acceptors (Lipinski definition) is 4. The van der Waals surface area contributed by atoms with E-state index in [9.17, 15) is 4.79 Å². The number of nitrogens with one attached hydrogen (secondary N) is 1. The van der Waals surface area contributed by atoms with Gasteiger partial charge in [-0.3, -0.25) is 4.72 Å². The number of primary amides is 1. The summed E-state index contributed by atoms with van der Waals surface area (Å²) in [5, 5.41) is 0. The standard InChI is InChI=1S/C8H7N3OS2/c9-7(12)11-14-8-10-5-3-1-2-4-6(5)13-8/h1-4H,(H3,9,11,12). The molecule has 0 bridgehead atoms. The summed E-state index contributed by atoms with van der Waals surface area (Å²) in [7, 11) is 0. The molecule has 0 aliphatic carbocycles. The number of nitrogens with zero attached hydrogens (tertiary/aromatic N) is 1. The highest BCUT2D eigenvalue weighted by Crippen LogP contribution is 2.27. The molecule has 1 heterocycles. The fraction of sp³-hybridized carbons (Fsp3) is 0. The third kappa shape index (κ3) is 1.97. The van der Waals surface area contributed by atoms with E-state index in [0.29, 0.717) is 0 Å². The van der Waals surface area contributed by atoms with Gasteiger partial charge in [0.1, 0.15) is 0 Å². The number of thiazole rings is 1. The van der Waals surface area contributed by atoms with Crippen LogP contribution in [0, 0.1) is 0 Å². The van der Waals surface area contributed by atoms with E-state index in [1.54, 1.807) is 0 Å². The molecule has 1 aromatic carbocycles. The van der Waals surface area contributed by atoms with Crippen LogP contribution in [0.5, 0.6) is 0 Å². The molecule has 3 N–H and O–H groups in total. The molecule has 1 aromatic heterocycles. The van der Waals surface area contributed by atoms with E-state index in [0.717, 1.165) is 26.5 Å². The molecular weight excluding hydrogens is 218 g/mol. The van der Waals surface area contributed by atoms with Crippen molar-refractivity contribution in [3.63, 3.8) is 0 Å². The lowest BCUT2D eigenvalue weighted by molar-refractivity contribution is 0.254. The number of carbonyl (C=O) groups excluding carboxylic acids is 1. The minimum Gasteiger partial charge on any atom is -0.351 e. The number of rotatable bonds is 2. The number of amides is 2. The van der Waals surface area contributed by atoms with E-state index in [1.165, 1.54) is 11.3 Å². The molecule has 72 valence electrons. The second-order valence-corrected chi connectivity index (χ2v) is 4.60. The van der Waals surface area contributed by atoms with Gasteiger partial charge in [0, 0.05) is 11.9 Å². The molecule has 0 fully saturated rings. The Balaban J connectivity index is 2.22. The molecule has 0 spiro atoms. The van der Waals surface area contributed by atoms with Crippen molar-refractivity contribution in [3.05, 3.63) is 24.3 Å². The predicted molar refractivity (Wildman–Crippen MR) is 58.2 cm³/mol. The van der Waals surface area contributed by atoms with Crippen molar-refractivity contribution in [2.24, 2.45) is 5.73 Å². The van der Waals surface area contributed by atoms with Crippen LogP contribution in [0.25, 0.3) is 10.2 Å². The van der Waals surface area contributed by atoms with Crippen LogP contribution < -0.4 is 10.5 Å². The van der Waals surface area contributed by atoms with Crippen molar-refractivity contribution in [3.8, 4) is 0 Å². The van der Waals surface area contributed by atoms with Gasteiger partial charge >= 0.3 is 6.03 Å². The third-order valence-corrected chi connectivity index (χ3v) is 3.41.